The molecule has 4 heterocycles. The van der Waals surface area contributed by atoms with Gasteiger partial charge in [-0.15, -0.1) is 11.3 Å². The predicted molar refractivity (Wildman–Crippen MR) is 136 cm³/mol. The Hall–Kier alpha value is -3.44. The van der Waals surface area contributed by atoms with Gasteiger partial charge in [0.2, 0.25) is 0 Å². The van der Waals surface area contributed by atoms with Gasteiger partial charge in [-0.05, 0) is 62.7 Å². The van der Waals surface area contributed by atoms with Gasteiger partial charge in [0.15, 0.2) is 0 Å². The summed E-state index contributed by atoms with van der Waals surface area (Å²) in [7, 11) is 1.56. The molecule has 194 valence electrons. The predicted octanol–water partition coefficient (Wildman–Crippen LogP) is 4.33. The molecule has 1 aromatic carbocycles. The van der Waals surface area contributed by atoms with Crippen LogP contribution in [0.25, 0.3) is 21.3 Å². The number of piperidine rings is 1. The molecule has 1 aliphatic rings. The van der Waals surface area contributed by atoms with E-state index in [2.05, 4.69) is 10.3 Å². The monoisotopic (exact) mass is 530 g/mol. The fourth-order valence-electron chi connectivity index (χ4n) is 4.57. The first-order valence-electron chi connectivity index (χ1n) is 11.9. The maximum atomic E-state index is 13.8. The van der Waals surface area contributed by atoms with Crippen LogP contribution in [-0.4, -0.2) is 33.3 Å². The molecule has 1 aliphatic heterocycles. The highest BCUT2D eigenvalue weighted by Crippen LogP contribution is 2.44. The Morgan fingerprint density at radius 1 is 1.14 bits per heavy atom. The molecular formula is C26H25F3N4O3S. The molecule has 0 amide bonds. The van der Waals surface area contributed by atoms with Crippen LogP contribution in [0.1, 0.15) is 28.8 Å². The van der Waals surface area contributed by atoms with E-state index in [9.17, 15) is 22.8 Å². The van der Waals surface area contributed by atoms with E-state index in [4.69, 9.17) is 4.74 Å². The number of alkyl halides is 3. The number of benzene rings is 1. The van der Waals surface area contributed by atoms with E-state index in [-0.39, 0.29) is 12.6 Å². The van der Waals surface area contributed by atoms with E-state index in [0.717, 1.165) is 42.6 Å². The average molecular weight is 531 g/mol. The zero-order chi connectivity index (χ0) is 26.3. The molecule has 1 fully saturated rings. The summed E-state index contributed by atoms with van der Waals surface area (Å²) in [6, 6.07) is 7.01. The Kier molecular flexibility index (Phi) is 6.67. The van der Waals surface area contributed by atoms with Gasteiger partial charge in [-0.2, -0.15) is 13.2 Å². The fraction of sp³-hybridized carbons (Fsp3) is 0.346. The lowest BCUT2D eigenvalue weighted by Crippen LogP contribution is -2.37. The Bertz CT molecular complexity index is 1580. The number of fused-ring (bicyclic) bond motifs is 1. The highest BCUT2D eigenvalue weighted by atomic mass is 32.1. The highest BCUT2D eigenvalue weighted by Gasteiger charge is 2.33. The summed E-state index contributed by atoms with van der Waals surface area (Å²) in [5.41, 5.74) is 0.251. The van der Waals surface area contributed by atoms with E-state index >= 15 is 0 Å². The minimum Gasteiger partial charge on any atom is -0.489 e. The number of ether oxygens (including phenoxy) is 1. The number of pyridine rings is 1. The Balaban J connectivity index is 1.64. The minimum atomic E-state index is -4.52. The number of thiophene rings is 1. The maximum Gasteiger partial charge on any atom is 0.416 e. The third-order valence-electron chi connectivity index (χ3n) is 6.48. The molecule has 0 saturated carbocycles. The van der Waals surface area contributed by atoms with Crippen LogP contribution in [0.5, 0.6) is 5.75 Å². The number of aromatic nitrogens is 3. The van der Waals surface area contributed by atoms with Crippen molar-refractivity contribution in [2.24, 2.45) is 7.05 Å². The van der Waals surface area contributed by atoms with Gasteiger partial charge in [0, 0.05) is 41.5 Å². The van der Waals surface area contributed by atoms with Crippen LogP contribution >= 0.6 is 11.3 Å². The summed E-state index contributed by atoms with van der Waals surface area (Å²) in [6.07, 6.45) is -0.149. The quantitative estimate of drug-likeness (QED) is 0.416. The molecule has 0 spiro atoms. The zero-order valence-corrected chi connectivity index (χ0v) is 21.1. The maximum absolute atomic E-state index is 13.8. The van der Waals surface area contributed by atoms with E-state index in [1.54, 1.807) is 32.3 Å². The molecule has 1 N–H and O–H groups in total. The minimum absolute atomic E-state index is 0.0346. The average Bonchev–Trinajstić information content (AvgIpc) is 3.28. The van der Waals surface area contributed by atoms with Crippen molar-refractivity contribution in [3.63, 3.8) is 0 Å². The van der Waals surface area contributed by atoms with Gasteiger partial charge >= 0.3 is 11.9 Å². The Morgan fingerprint density at radius 2 is 1.89 bits per heavy atom. The van der Waals surface area contributed by atoms with Crippen LogP contribution in [0.15, 0.2) is 52.3 Å². The van der Waals surface area contributed by atoms with Gasteiger partial charge in [0.05, 0.1) is 22.3 Å². The second-order valence-corrected chi connectivity index (χ2v) is 10.3. The molecular weight excluding hydrogens is 505 g/mol. The summed E-state index contributed by atoms with van der Waals surface area (Å²) >= 11 is 1.29. The second kappa shape index (κ2) is 9.79. The molecule has 0 bridgehead atoms. The smallest absolute Gasteiger partial charge is 0.416 e. The number of hydrogen-bond acceptors (Lipinski definition) is 6. The van der Waals surface area contributed by atoms with E-state index in [0.29, 0.717) is 37.5 Å². The number of hydrogen-bond donors (Lipinski definition) is 1. The van der Waals surface area contributed by atoms with Crippen molar-refractivity contribution in [1.82, 2.24) is 19.4 Å². The van der Waals surface area contributed by atoms with Crippen LogP contribution in [0, 0.1) is 6.92 Å². The molecule has 5 rings (SSSR count). The van der Waals surface area contributed by atoms with E-state index in [1.807, 2.05) is 0 Å². The van der Waals surface area contributed by atoms with Crippen molar-refractivity contribution >= 4 is 21.6 Å². The molecule has 0 atom stereocenters. The first-order chi connectivity index (χ1) is 17.6. The Labute approximate surface area is 214 Å². The first-order valence-corrected chi connectivity index (χ1v) is 12.7. The number of nitrogens with zero attached hydrogens (tertiary/aromatic N) is 3. The van der Waals surface area contributed by atoms with Crippen LogP contribution in [0.2, 0.25) is 0 Å². The number of halogens is 3. The lowest BCUT2D eigenvalue weighted by molar-refractivity contribution is -0.137. The molecule has 0 unspecified atom stereocenters. The number of aryl methyl sites for hydroxylation is 2. The van der Waals surface area contributed by atoms with Crippen molar-refractivity contribution in [3.8, 4) is 16.9 Å². The molecule has 1 saturated heterocycles. The van der Waals surface area contributed by atoms with Crippen LogP contribution < -0.4 is 21.3 Å². The summed E-state index contributed by atoms with van der Waals surface area (Å²) in [5.74, 6) is 0.426. The summed E-state index contributed by atoms with van der Waals surface area (Å²) in [4.78, 5) is 29.9. The molecule has 37 heavy (non-hydrogen) atoms. The third kappa shape index (κ3) is 5.05. The van der Waals surface area contributed by atoms with Crippen molar-refractivity contribution < 1.29 is 17.9 Å². The van der Waals surface area contributed by atoms with Crippen molar-refractivity contribution in [3.05, 3.63) is 79.6 Å². The second-order valence-electron chi connectivity index (χ2n) is 9.15. The number of rotatable bonds is 5. The fourth-order valence-corrected chi connectivity index (χ4v) is 5.70. The van der Waals surface area contributed by atoms with Crippen LogP contribution in [-0.2, 0) is 19.8 Å². The van der Waals surface area contributed by atoms with E-state index in [1.165, 1.54) is 28.2 Å². The van der Waals surface area contributed by atoms with Gasteiger partial charge in [-0.25, -0.2) is 4.79 Å². The largest absolute Gasteiger partial charge is 0.489 e. The number of nitrogens with one attached hydrogen (secondary N) is 1. The topological polar surface area (TPSA) is 78.2 Å². The summed E-state index contributed by atoms with van der Waals surface area (Å²) < 4.78 is 50.8. The molecule has 3 aromatic heterocycles. The summed E-state index contributed by atoms with van der Waals surface area (Å²) in [5, 5.41) is 3.27. The van der Waals surface area contributed by atoms with Crippen LogP contribution in [0.3, 0.4) is 0 Å². The van der Waals surface area contributed by atoms with Gasteiger partial charge in [0.25, 0.3) is 5.56 Å². The van der Waals surface area contributed by atoms with Crippen molar-refractivity contribution in [2.45, 2.75) is 38.6 Å². The van der Waals surface area contributed by atoms with Crippen molar-refractivity contribution in [1.29, 1.82) is 0 Å². The van der Waals surface area contributed by atoms with Gasteiger partial charge in [0.1, 0.15) is 11.9 Å². The van der Waals surface area contributed by atoms with Gasteiger partial charge in [-0.3, -0.25) is 14.3 Å². The molecule has 7 nitrogen and oxygen atoms in total. The standard InChI is InChI=1S/C26H25F3N4O3S/c1-15-11-16(26(27,28)29)12-20(23(15)36-17-3-7-30-8-4-17)19-5-9-31-21-13-18(37-24(19)21)14-33-22(34)6-10-32(2)25(33)35/h5-6,9-13,17,30H,3-4,7-8,14H2,1-2H3. The normalized spacial score (nSPS) is 14.8. The van der Waals surface area contributed by atoms with E-state index < -0.39 is 23.0 Å². The SMILES string of the molecule is Cc1cc(C(F)(F)F)cc(-c2ccnc3cc(Cn4c(=O)ccn(C)c4=O)sc23)c1OC1CCNCC1. The summed E-state index contributed by atoms with van der Waals surface area (Å²) in [6.45, 7) is 3.23. The molecule has 4 aromatic rings. The third-order valence-corrected chi connectivity index (χ3v) is 7.62. The lowest BCUT2D eigenvalue weighted by Gasteiger charge is -2.27. The zero-order valence-electron chi connectivity index (χ0n) is 20.3. The van der Waals surface area contributed by atoms with Crippen molar-refractivity contribution in [2.75, 3.05) is 13.1 Å². The van der Waals surface area contributed by atoms with Gasteiger partial charge in [-0.1, -0.05) is 0 Å². The first kappa shape index (κ1) is 25.2. The van der Waals surface area contributed by atoms with Gasteiger partial charge < -0.3 is 14.6 Å². The molecule has 11 heteroatoms. The highest BCUT2D eigenvalue weighted by molar-refractivity contribution is 7.19. The Morgan fingerprint density at radius 3 is 2.62 bits per heavy atom. The molecule has 0 aliphatic carbocycles. The lowest BCUT2D eigenvalue weighted by atomic mass is 9.98. The van der Waals surface area contributed by atoms with Crippen LogP contribution in [0.4, 0.5) is 13.2 Å². The molecule has 0 radical (unpaired) electrons.